The van der Waals surface area contributed by atoms with Gasteiger partial charge in [-0.2, -0.15) is 0 Å². The first-order valence-electron chi connectivity index (χ1n) is 7.44. The zero-order chi connectivity index (χ0) is 13.5. The van der Waals surface area contributed by atoms with Gasteiger partial charge in [0.15, 0.2) is 0 Å². The van der Waals surface area contributed by atoms with Crippen LogP contribution < -0.4 is 0 Å². The van der Waals surface area contributed by atoms with Gasteiger partial charge in [-0.25, -0.2) is 4.39 Å². The van der Waals surface area contributed by atoms with Crippen molar-refractivity contribution < 1.29 is 4.39 Å². The Kier molecular flexibility index (Phi) is 3.03. The number of hydrogen-bond donors (Lipinski definition) is 0. The summed E-state index contributed by atoms with van der Waals surface area (Å²) in [7, 11) is 0. The third kappa shape index (κ3) is 1.63. The van der Waals surface area contributed by atoms with Gasteiger partial charge in [0, 0.05) is 5.41 Å². The zero-order valence-corrected chi connectivity index (χ0v) is 11.8. The molecule has 0 N–H and O–H groups in total. The van der Waals surface area contributed by atoms with Crippen molar-refractivity contribution in [2.75, 3.05) is 0 Å². The Morgan fingerprint density at radius 1 is 1.26 bits per heavy atom. The van der Waals surface area contributed by atoms with Crippen molar-refractivity contribution in [1.82, 2.24) is 0 Å². The molecule has 1 aromatic carbocycles. The lowest BCUT2D eigenvalue weighted by Gasteiger charge is -2.69. The fourth-order valence-corrected chi connectivity index (χ4v) is 4.42. The lowest BCUT2D eigenvalue weighted by molar-refractivity contribution is -0.118. The zero-order valence-electron chi connectivity index (χ0n) is 11.8. The second kappa shape index (κ2) is 4.47. The molecule has 0 spiro atoms. The van der Waals surface area contributed by atoms with Crippen LogP contribution in [0.4, 0.5) is 4.39 Å². The number of hydrogen-bond acceptors (Lipinski definition) is 0. The summed E-state index contributed by atoms with van der Waals surface area (Å²) in [5.41, 5.74) is 4.37. The van der Waals surface area contributed by atoms with Crippen molar-refractivity contribution in [3.63, 3.8) is 0 Å². The van der Waals surface area contributed by atoms with Gasteiger partial charge in [-0.3, -0.25) is 0 Å². The van der Waals surface area contributed by atoms with E-state index in [1.807, 2.05) is 19.1 Å². The summed E-state index contributed by atoms with van der Waals surface area (Å²) in [6.45, 7) is 5.55. The Bertz CT molecular complexity index is 492. The minimum atomic E-state index is -0.347. The van der Waals surface area contributed by atoms with Crippen LogP contribution in [0.1, 0.15) is 55.2 Å². The average Bonchev–Trinajstić information content (AvgIpc) is 2.41. The third-order valence-electron chi connectivity index (χ3n) is 5.94. The van der Waals surface area contributed by atoms with Crippen LogP contribution >= 0.6 is 0 Å². The first kappa shape index (κ1) is 12.9. The molecule has 19 heavy (non-hydrogen) atoms. The first-order valence-corrected chi connectivity index (χ1v) is 7.44. The largest absolute Gasteiger partial charge is 0.246 e. The third-order valence-corrected chi connectivity index (χ3v) is 5.94. The number of aryl methyl sites for hydroxylation is 1. The standard InChI is InChI=1S/C18H23F/c1-3-4-7-17-8-10-18(17,11-9-17)16-6-5-15(13-19)14(2)12-16/h3,5-6,12H,1,4,7-11,13H2,2H3. The van der Waals surface area contributed by atoms with Crippen LogP contribution in [0.25, 0.3) is 0 Å². The van der Waals surface area contributed by atoms with E-state index < -0.39 is 0 Å². The summed E-state index contributed by atoms with van der Waals surface area (Å²) in [5.74, 6) is 0. The second-order valence-electron chi connectivity index (χ2n) is 6.46. The van der Waals surface area contributed by atoms with Crippen molar-refractivity contribution in [3.8, 4) is 0 Å². The Balaban J connectivity index is 1.89. The van der Waals surface area contributed by atoms with Crippen LogP contribution in [0.3, 0.4) is 0 Å². The smallest absolute Gasteiger partial charge is 0.115 e. The van der Waals surface area contributed by atoms with Crippen LogP contribution in [0.2, 0.25) is 0 Å². The molecule has 3 rings (SSSR count). The summed E-state index contributed by atoms with van der Waals surface area (Å²) in [5, 5.41) is 0. The molecule has 2 fully saturated rings. The summed E-state index contributed by atoms with van der Waals surface area (Å²) in [6, 6.07) is 6.42. The molecule has 2 aliphatic carbocycles. The molecule has 0 bridgehead atoms. The fraction of sp³-hybridized carbons (Fsp3) is 0.556. The molecule has 0 unspecified atom stereocenters. The highest BCUT2D eigenvalue weighted by molar-refractivity contribution is 5.42. The SMILES string of the molecule is C=CCCC12CCC1(c1ccc(CF)c(C)c1)CC2. The summed E-state index contributed by atoms with van der Waals surface area (Å²) < 4.78 is 12.8. The quantitative estimate of drug-likeness (QED) is 0.633. The maximum Gasteiger partial charge on any atom is 0.115 e. The molecular formula is C18H23F. The number of benzene rings is 1. The highest BCUT2D eigenvalue weighted by atomic mass is 19.1. The molecule has 2 aliphatic rings. The molecule has 102 valence electrons. The Morgan fingerprint density at radius 2 is 2.00 bits per heavy atom. The summed E-state index contributed by atoms with van der Waals surface area (Å²) >= 11 is 0. The average molecular weight is 258 g/mol. The maximum absolute atomic E-state index is 12.8. The van der Waals surface area contributed by atoms with E-state index in [2.05, 4.69) is 18.7 Å². The van der Waals surface area contributed by atoms with E-state index in [9.17, 15) is 4.39 Å². The van der Waals surface area contributed by atoms with E-state index in [4.69, 9.17) is 0 Å². The number of allylic oxidation sites excluding steroid dienone is 1. The maximum atomic E-state index is 12.8. The van der Waals surface area contributed by atoms with Gasteiger partial charge in [0.1, 0.15) is 6.67 Å². The predicted octanol–water partition coefficient (Wildman–Crippen LogP) is 5.24. The number of alkyl halides is 1. The van der Waals surface area contributed by atoms with Crippen LogP contribution in [-0.2, 0) is 12.1 Å². The highest BCUT2D eigenvalue weighted by Gasteiger charge is 2.65. The molecule has 2 saturated carbocycles. The number of halogens is 1. The van der Waals surface area contributed by atoms with Gasteiger partial charge in [0.25, 0.3) is 0 Å². The molecule has 0 radical (unpaired) electrons. The van der Waals surface area contributed by atoms with Gasteiger partial charge < -0.3 is 0 Å². The van der Waals surface area contributed by atoms with Gasteiger partial charge in [0.05, 0.1) is 0 Å². The van der Waals surface area contributed by atoms with Gasteiger partial charge in [-0.05, 0) is 67.6 Å². The van der Waals surface area contributed by atoms with Gasteiger partial charge in [-0.15, -0.1) is 6.58 Å². The van der Waals surface area contributed by atoms with Gasteiger partial charge in [-0.1, -0.05) is 24.3 Å². The minimum absolute atomic E-state index is 0.347. The molecule has 0 heterocycles. The second-order valence-corrected chi connectivity index (χ2v) is 6.46. The van der Waals surface area contributed by atoms with E-state index >= 15 is 0 Å². The number of rotatable bonds is 5. The fourth-order valence-electron chi connectivity index (χ4n) is 4.42. The highest BCUT2D eigenvalue weighted by Crippen LogP contribution is 2.72. The molecule has 0 amide bonds. The van der Waals surface area contributed by atoms with E-state index in [-0.39, 0.29) is 6.67 Å². The lowest BCUT2D eigenvalue weighted by Crippen LogP contribution is -2.62. The summed E-state index contributed by atoms with van der Waals surface area (Å²) in [6.07, 6.45) is 9.82. The van der Waals surface area contributed by atoms with E-state index in [0.29, 0.717) is 10.8 Å². The van der Waals surface area contributed by atoms with E-state index in [1.165, 1.54) is 37.7 Å². The van der Waals surface area contributed by atoms with Crippen molar-refractivity contribution in [2.45, 2.75) is 57.5 Å². The topological polar surface area (TPSA) is 0 Å². The van der Waals surface area contributed by atoms with Crippen molar-refractivity contribution in [2.24, 2.45) is 5.41 Å². The molecule has 0 atom stereocenters. The molecule has 1 aromatic rings. The Hall–Kier alpha value is -1.11. The van der Waals surface area contributed by atoms with Crippen molar-refractivity contribution >= 4 is 0 Å². The Morgan fingerprint density at radius 3 is 2.47 bits per heavy atom. The van der Waals surface area contributed by atoms with Crippen LogP contribution in [-0.4, -0.2) is 0 Å². The van der Waals surface area contributed by atoms with E-state index in [0.717, 1.165) is 17.5 Å². The van der Waals surface area contributed by atoms with Crippen molar-refractivity contribution in [3.05, 3.63) is 47.5 Å². The lowest BCUT2D eigenvalue weighted by atomic mass is 9.35. The number of fused-ring (bicyclic) bond motifs is 1. The molecule has 0 nitrogen and oxygen atoms in total. The van der Waals surface area contributed by atoms with Gasteiger partial charge >= 0.3 is 0 Å². The van der Waals surface area contributed by atoms with Gasteiger partial charge in [0.2, 0.25) is 0 Å². The van der Waals surface area contributed by atoms with Crippen LogP contribution in [0.5, 0.6) is 0 Å². The van der Waals surface area contributed by atoms with Crippen LogP contribution in [0, 0.1) is 12.3 Å². The molecule has 0 aromatic heterocycles. The molecule has 0 saturated heterocycles. The monoisotopic (exact) mass is 258 g/mol. The van der Waals surface area contributed by atoms with Crippen LogP contribution in [0.15, 0.2) is 30.9 Å². The first-order chi connectivity index (χ1) is 9.17. The molecular weight excluding hydrogens is 235 g/mol. The predicted molar refractivity (Wildman–Crippen MR) is 78.0 cm³/mol. The Labute approximate surface area is 115 Å². The molecule has 1 heteroatoms. The van der Waals surface area contributed by atoms with Crippen molar-refractivity contribution in [1.29, 1.82) is 0 Å². The van der Waals surface area contributed by atoms with E-state index in [1.54, 1.807) is 0 Å². The molecule has 0 aliphatic heterocycles. The normalized spacial score (nSPS) is 32.1. The minimum Gasteiger partial charge on any atom is -0.246 e. The summed E-state index contributed by atoms with van der Waals surface area (Å²) in [4.78, 5) is 0.